The van der Waals surface area contributed by atoms with Gasteiger partial charge < -0.3 is 10.5 Å². The zero-order chi connectivity index (χ0) is 16.5. The van der Waals surface area contributed by atoms with Gasteiger partial charge in [0.25, 0.3) is 0 Å². The van der Waals surface area contributed by atoms with E-state index in [4.69, 9.17) is 10.5 Å². The molecule has 1 atom stereocenters. The molecule has 2 heterocycles. The van der Waals surface area contributed by atoms with Gasteiger partial charge in [0.1, 0.15) is 17.7 Å². The Kier molecular flexibility index (Phi) is 4.25. The molecular weight excluding hydrogens is 303 g/mol. The molecule has 2 aliphatic heterocycles. The van der Waals surface area contributed by atoms with E-state index in [-0.39, 0.29) is 11.9 Å². The van der Waals surface area contributed by atoms with Crippen LogP contribution in [-0.4, -0.2) is 30.6 Å². The molecule has 4 rings (SSSR count). The fourth-order valence-corrected chi connectivity index (χ4v) is 3.73. The van der Waals surface area contributed by atoms with Crippen molar-refractivity contribution < 1.29 is 9.13 Å². The molecule has 0 unspecified atom stereocenters. The van der Waals surface area contributed by atoms with E-state index in [1.165, 1.54) is 31.5 Å². The topological polar surface area (TPSA) is 38.5 Å². The summed E-state index contributed by atoms with van der Waals surface area (Å²) in [5.74, 6) is 0.574. The lowest BCUT2D eigenvalue weighted by molar-refractivity contribution is 0.242. The lowest BCUT2D eigenvalue weighted by Gasteiger charge is -2.15. The van der Waals surface area contributed by atoms with Crippen molar-refractivity contribution in [1.82, 2.24) is 4.90 Å². The quantitative estimate of drug-likeness (QED) is 0.936. The average Bonchev–Trinajstić information content (AvgIpc) is 3.24. The summed E-state index contributed by atoms with van der Waals surface area (Å²) in [6.45, 7) is 3.82. The summed E-state index contributed by atoms with van der Waals surface area (Å²) in [5, 5.41) is 0. The van der Waals surface area contributed by atoms with Crippen molar-refractivity contribution in [2.75, 3.05) is 19.6 Å². The number of nitrogens with zero attached hydrogens (tertiary/aromatic N) is 1. The van der Waals surface area contributed by atoms with E-state index in [0.29, 0.717) is 13.0 Å². The monoisotopic (exact) mass is 326 g/mol. The minimum atomic E-state index is -0.217. The Morgan fingerprint density at radius 1 is 1.12 bits per heavy atom. The van der Waals surface area contributed by atoms with Crippen molar-refractivity contribution in [1.29, 1.82) is 0 Å². The first-order valence-electron chi connectivity index (χ1n) is 8.74. The Morgan fingerprint density at radius 2 is 1.88 bits per heavy atom. The average molecular weight is 326 g/mol. The number of halogens is 1. The third kappa shape index (κ3) is 3.04. The van der Waals surface area contributed by atoms with Gasteiger partial charge in [-0.25, -0.2) is 4.39 Å². The smallest absolute Gasteiger partial charge is 0.131 e. The van der Waals surface area contributed by atoms with Crippen molar-refractivity contribution in [3.63, 3.8) is 0 Å². The molecule has 126 valence electrons. The van der Waals surface area contributed by atoms with E-state index in [2.05, 4.69) is 29.2 Å². The summed E-state index contributed by atoms with van der Waals surface area (Å²) in [4.78, 5) is 2.48. The van der Waals surface area contributed by atoms with Crippen molar-refractivity contribution in [2.24, 2.45) is 5.73 Å². The van der Waals surface area contributed by atoms with Gasteiger partial charge in [0.05, 0.1) is 0 Å². The SMILES string of the molecule is NC[C@@H]1Cc2cc(F)cc(-c3ccc(CN4CCCC4)cc3)c2O1. The van der Waals surface area contributed by atoms with Crippen molar-refractivity contribution in [3.8, 4) is 16.9 Å². The van der Waals surface area contributed by atoms with E-state index < -0.39 is 0 Å². The summed E-state index contributed by atoms with van der Waals surface area (Å²) in [6.07, 6.45) is 3.24. The van der Waals surface area contributed by atoms with Crippen molar-refractivity contribution >= 4 is 0 Å². The Labute approximate surface area is 142 Å². The van der Waals surface area contributed by atoms with Gasteiger partial charge in [0.2, 0.25) is 0 Å². The van der Waals surface area contributed by atoms with Gasteiger partial charge in [-0.3, -0.25) is 4.90 Å². The highest BCUT2D eigenvalue weighted by Gasteiger charge is 2.26. The molecule has 2 aromatic rings. The first kappa shape index (κ1) is 15.6. The Hall–Kier alpha value is -1.91. The maximum atomic E-state index is 14.0. The molecule has 1 fully saturated rings. The van der Waals surface area contributed by atoms with Crippen LogP contribution in [0.15, 0.2) is 36.4 Å². The third-order valence-corrected chi connectivity index (χ3v) is 5.00. The summed E-state index contributed by atoms with van der Waals surface area (Å²) < 4.78 is 19.9. The molecule has 24 heavy (non-hydrogen) atoms. The number of nitrogens with two attached hydrogens (primary N) is 1. The van der Waals surface area contributed by atoms with Crippen LogP contribution in [0, 0.1) is 5.82 Å². The molecule has 0 radical (unpaired) electrons. The van der Waals surface area contributed by atoms with Gasteiger partial charge in [0.15, 0.2) is 0 Å². The first-order valence-corrected chi connectivity index (χ1v) is 8.74. The number of hydrogen-bond acceptors (Lipinski definition) is 3. The predicted octanol–water partition coefficient (Wildman–Crippen LogP) is 3.35. The molecule has 1 saturated heterocycles. The molecular formula is C20H23FN2O. The van der Waals surface area contributed by atoms with Crippen molar-refractivity contribution in [3.05, 3.63) is 53.3 Å². The van der Waals surface area contributed by atoms with Crippen molar-refractivity contribution in [2.45, 2.75) is 31.9 Å². The minimum absolute atomic E-state index is 0.0463. The highest BCUT2D eigenvalue weighted by Crippen LogP contribution is 2.39. The highest BCUT2D eigenvalue weighted by atomic mass is 19.1. The van der Waals surface area contributed by atoms with E-state index in [1.54, 1.807) is 12.1 Å². The summed E-state index contributed by atoms with van der Waals surface area (Å²) in [6, 6.07) is 11.5. The van der Waals surface area contributed by atoms with Gasteiger partial charge >= 0.3 is 0 Å². The van der Waals surface area contributed by atoms with Crippen LogP contribution in [0.1, 0.15) is 24.0 Å². The van der Waals surface area contributed by atoms with Crippen LogP contribution in [0.4, 0.5) is 4.39 Å². The van der Waals surface area contributed by atoms with E-state index in [9.17, 15) is 4.39 Å². The molecule has 2 aliphatic rings. The van der Waals surface area contributed by atoms with E-state index >= 15 is 0 Å². The third-order valence-electron chi connectivity index (χ3n) is 5.00. The fourth-order valence-electron chi connectivity index (χ4n) is 3.73. The second-order valence-corrected chi connectivity index (χ2v) is 6.80. The van der Waals surface area contributed by atoms with Crippen LogP contribution in [-0.2, 0) is 13.0 Å². The number of benzene rings is 2. The Morgan fingerprint density at radius 3 is 2.58 bits per heavy atom. The first-order chi connectivity index (χ1) is 11.7. The molecule has 3 nitrogen and oxygen atoms in total. The molecule has 0 saturated carbocycles. The maximum absolute atomic E-state index is 14.0. The lowest BCUT2D eigenvalue weighted by atomic mass is 9.99. The number of ether oxygens (including phenoxy) is 1. The molecule has 2 N–H and O–H groups in total. The molecule has 0 amide bonds. The van der Waals surface area contributed by atoms with Gasteiger partial charge in [0, 0.05) is 30.6 Å². The number of likely N-dealkylation sites (tertiary alicyclic amines) is 1. The molecule has 0 aromatic heterocycles. The molecule has 4 heteroatoms. The zero-order valence-corrected chi connectivity index (χ0v) is 13.8. The van der Waals surface area contributed by atoms with Crippen LogP contribution in [0.5, 0.6) is 5.75 Å². The molecule has 0 aliphatic carbocycles. The largest absolute Gasteiger partial charge is 0.488 e. The molecule has 0 spiro atoms. The Balaban J connectivity index is 1.60. The van der Waals surface area contributed by atoms with Gasteiger partial charge in [-0.2, -0.15) is 0 Å². The maximum Gasteiger partial charge on any atom is 0.131 e. The lowest BCUT2D eigenvalue weighted by Crippen LogP contribution is -2.24. The summed E-state index contributed by atoms with van der Waals surface area (Å²) in [5.41, 5.74) is 9.75. The normalized spacial score (nSPS) is 20.2. The Bertz CT molecular complexity index is 723. The zero-order valence-electron chi connectivity index (χ0n) is 13.8. The van der Waals surface area contributed by atoms with E-state index in [0.717, 1.165) is 29.0 Å². The fraction of sp³-hybridized carbons (Fsp3) is 0.400. The van der Waals surface area contributed by atoms with Gasteiger partial charge in [-0.15, -0.1) is 0 Å². The highest BCUT2D eigenvalue weighted by molar-refractivity contribution is 5.73. The number of fused-ring (bicyclic) bond motifs is 1. The van der Waals surface area contributed by atoms with Crippen LogP contribution >= 0.6 is 0 Å². The minimum Gasteiger partial charge on any atom is -0.488 e. The van der Waals surface area contributed by atoms with Crippen LogP contribution < -0.4 is 10.5 Å². The van der Waals surface area contributed by atoms with E-state index in [1.807, 2.05) is 0 Å². The standard InChI is InChI=1S/C20H23FN2O/c21-17-9-16-10-18(12-22)24-20(16)19(11-17)15-5-3-14(4-6-15)13-23-7-1-2-8-23/h3-6,9,11,18H,1-2,7-8,10,12-13,22H2/t18-/m0/s1. The summed E-state index contributed by atoms with van der Waals surface area (Å²) >= 11 is 0. The second kappa shape index (κ2) is 6.54. The number of rotatable bonds is 4. The second-order valence-electron chi connectivity index (χ2n) is 6.80. The number of hydrogen-bond donors (Lipinski definition) is 1. The van der Waals surface area contributed by atoms with Crippen LogP contribution in [0.3, 0.4) is 0 Å². The molecule has 2 aromatic carbocycles. The van der Waals surface area contributed by atoms with Gasteiger partial charge in [-0.1, -0.05) is 24.3 Å². The van der Waals surface area contributed by atoms with Crippen LogP contribution in [0.25, 0.3) is 11.1 Å². The predicted molar refractivity (Wildman–Crippen MR) is 93.5 cm³/mol. The summed E-state index contributed by atoms with van der Waals surface area (Å²) in [7, 11) is 0. The van der Waals surface area contributed by atoms with Gasteiger partial charge in [-0.05, 0) is 49.2 Å². The van der Waals surface area contributed by atoms with Crippen LogP contribution in [0.2, 0.25) is 0 Å². The molecule has 0 bridgehead atoms.